The van der Waals surface area contributed by atoms with Crippen LogP contribution >= 0.6 is 0 Å². The van der Waals surface area contributed by atoms with Crippen LogP contribution in [0.25, 0.3) is 0 Å². The van der Waals surface area contributed by atoms with Crippen molar-refractivity contribution in [3.05, 3.63) is 23.8 Å². The van der Waals surface area contributed by atoms with Gasteiger partial charge < -0.3 is 19.3 Å². The number of rotatable bonds is 3. The van der Waals surface area contributed by atoms with Gasteiger partial charge in [0, 0.05) is 11.8 Å². The van der Waals surface area contributed by atoms with Gasteiger partial charge in [-0.25, -0.2) is 0 Å². The first-order valence-electron chi connectivity index (χ1n) is 6.38. The molecular weight excluding hydrogens is 232 g/mol. The van der Waals surface area contributed by atoms with E-state index in [1.54, 1.807) is 0 Å². The van der Waals surface area contributed by atoms with Crippen molar-refractivity contribution in [2.24, 2.45) is 5.41 Å². The van der Waals surface area contributed by atoms with Gasteiger partial charge in [0.05, 0.1) is 33.0 Å². The second-order valence-electron chi connectivity index (χ2n) is 5.16. The molecule has 3 rings (SSSR count). The molecule has 2 aliphatic heterocycles. The van der Waals surface area contributed by atoms with E-state index >= 15 is 0 Å². The summed E-state index contributed by atoms with van der Waals surface area (Å²) in [5.74, 6) is 1.64. The summed E-state index contributed by atoms with van der Waals surface area (Å²) >= 11 is 0. The van der Waals surface area contributed by atoms with Gasteiger partial charge in [-0.3, -0.25) is 0 Å². The normalized spacial score (nSPS) is 20.9. The number of ether oxygens (including phenoxy) is 3. The van der Waals surface area contributed by atoms with Crippen LogP contribution in [-0.4, -0.2) is 38.1 Å². The molecule has 98 valence electrons. The van der Waals surface area contributed by atoms with E-state index in [9.17, 15) is 5.11 Å². The zero-order valence-corrected chi connectivity index (χ0v) is 10.4. The molecule has 1 N–H and O–H groups in total. The number of aliphatic hydroxyl groups excluding tert-OH is 1. The fourth-order valence-electron chi connectivity index (χ4n) is 2.39. The summed E-state index contributed by atoms with van der Waals surface area (Å²) < 4.78 is 16.5. The number of hydrogen-bond acceptors (Lipinski definition) is 4. The molecule has 1 aromatic rings. The molecule has 4 nitrogen and oxygen atoms in total. The first-order valence-corrected chi connectivity index (χ1v) is 6.38. The third-order valence-corrected chi connectivity index (χ3v) is 3.54. The lowest BCUT2D eigenvalue weighted by Gasteiger charge is -2.40. The van der Waals surface area contributed by atoms with E-state index in [0.717, 1.165) is 29.9 Å². The molecule has 1 fully saturated rings. The molecule has 0 spiro atoms. The summed E-state index contributed by atoms with van der Waals surface area (Å²) in [4.78, 5) is 0. The molecule has 0 unspecified atom stereocenters. The maximum atomic E-state index is 9.45. The molecule has 0 radical (unpaired) electrons. The number of hydrogen-bond donors (Lipinski definition) is 1. The number of aliphatic hydroxyl groups is 1. The Kier molecular flexibility index (Phi) is 3.14. The lowest BCUT2D eigenvalue weighted by atomic mass is 9.80. The summed E-state index contributed by atoms with van der Waals surface area (Å²) in [6.45, 7) is 2.85. The average Bonchev–Trinajstić information content (AvgIpc) is 2.58. The van der Waals surface area contributed by atoms with Crippen LogP contribution in [0, 0.1) is 5.41 Å². The van der Waals surface area contributed by atoms with Gasteiger partial charge in [-0.05, 0) is 24.1 Å². The highest BCUT2D eigenvalue weighted by atomic mass is 16.5. The van der Waals surface area contributed by atoms with Crippen LogP contribution < -0.4 is 9.47 Å². The second-order valence-corrected chi connectivity index (χ2v) is 5.16. The van der Waals surface area contributed by atoms with E-state index < -0.39 is 0 Å². The molecule has 2 heterocycles. The summed E-state index contributed by atoms with van der Waals surface area (Å²) in [7, 11) is 0. The summed E-state index contributed by atoms with van der Waals surface area (Å²) in [5, 5.41) is 9.45. The average molecular weight is 250 g/mol. The fraction of sp³-hybridized carbons (Fsp3) is 0.571. The quantitative estimate of drug-likeness (QED) is 0.881. The smallest absolute Gasteiger partial charge is 0.161 e. The molecular formula is C14H18O4. The van der Waals surface area contributed by atoms with Crippen molar-refractivity contribution >= 4 is 0 Å². The van der Waals surface area contributed by atoms with Crippen LogP contribution in [-0.2, 0) is 11.2 Å². The summed E-state index contributed by atoms with van der Waals surface area (Å²) in [5.41, 5.74) is 1.07. The van der Waals surface area contributed by atoms with E-state index in [0.29, 0.717) is 26.4 Å². The van der Waals surface area contributed by atoms with Gasteiger partial charge in [-0.1, -0.05) is 6.07 Å². The lowest BCUT2D eigenvalue weighted by Crippen LogP contribution is -2.47. The molecule has 0 aromatic heterocycles. The minimum absolute atomic E-state index is 0.0974. The third kappa shape index (κ3) is 2.18. The molecule has 1 saturated heterocycles. The largest absolute Gasteiger partial charge is 0.490 e. The van der Waals surface area contributed by atoms with Crippen molar-refractivity contribution in [1.29, 1.82) is 0 Å². The molecule has 1 aromatic carbocycles. The Bertz CT molecular complexity index is 420. The summed E-state index contributed by atoms with van der Waals surface area (Å²) in [6.07, 6.45) is 1.73. The Morgan fingerprint density at radius 3 is 2.56 bits per heavy atom. The van der Waals surface area contributed by atoms with Gasteiger partial charge in [0.15, 0.2) is 11.5 Å². The molecule has 0 atom stereocenters. The van der Waals surface area contributed by atoms with E-state index in [1.165, 1.54) is 0 Å². The van der Waals surface area contributed by atoms with Crippen molar-refractivity contribution < 1.29 is 19.3 Å². The van der Waals surface area contributed by atoms with Crippen LogP contribution in [0.2, 0.25) is 0 Å². The zero-order valence-electron chi connectivity index (χ0n) is 10.4. The first-order chi connectivity index (χ1) is 8.81. The van der Waals surface area contributed by atoms with Crippen molar-refractivity contribution in [2.45, 2.75) is 12.8 Å². The third-order valence-electron chi connectivity index (χ3n) is 3.54. The van der Waals surface area contributed by atoms with Gasteiger partial charge in [0.1, 0.15) is 0 Å². The number of benzene rings is 1. The molecule has 18 heavy (non-hydrogen) atoms. The highest BCUT2D eigenvalue weighted by Gasteiger charge is 2.38. The molecule has 0 saturated carbocycles. The maximum Gasteiger partial charge on any atom is 0.161 e. The first kappa shape index (κ1) is 11.8. The van der Waals surface area contributed by atoms with Crippen LogP contribution in [0.4, 0.5) is 0 Å². The molecule has 4 heteroatoms. The van der Waals surface area contributed by atoms with E-state index in [1.807, 2.05) is 18.2 Å². The van der Waals surface area contributed by atoms with E-state index in [2.05, 4.69) is 0 Å². The van der Waals surface area contributed by atoms with Crippen molar-refractivity contribution in [3.8, 4) is 11.5 Å². The van der Waals surface area contributed by atoms with Gasteiger partial charge in [0.2, 0.25) is 0 Å². The predicted octanol–water partition coefficient (Wildman–Crippen LogP) is 1.40. The molecule has 0 amide bonds. The van der Waals surface area contributed by atoms with Crippen molar-refractivity contribution in [1.82, 2.24) is 0 Å². The topological polar surface area (TPSA) is 47.9 Å². The molecule has 0 bridgehead atoms. The Morgan fingerprint density at radius 1 is 1.11 bits per heavy atom. The minimum Gasteiger partial charge on any atom is -0.490 e. The Morgan fingerprint density at radius 2 is 1.89 bits per heavy atom. The fourth-order valence-corrected chi connectivity index (χ4v) is 2.39. The Balaban J connectivity index is 1.79. The van der Waals surface area contributed by atoms with Crippen LogP contribution in [0.1, 0.15) is 12.0 Å². The molecule has 0 aliphatic carbocycles. The highest BCUT2D eigenvalue weighted by molar-refractivity contribution is 5.43. The molecule has 2 aliphatic rings. The monoisotopic (exact) mass is 250 g/mol. The van der Waals surface area contributed by atoms with Gasteiger partial charge in [-0.15, -0.1) is 0 Å². The lowest BCUT2D eigenvalue weighted by molar-refractivity contribution is -0.136. The van der Waals surface area contributed by atoms with E-state index in [4.69, 9.17) is 14.2 Å². The van der Waals surface area contributed by atoms with Gasteiger partial charge in [-0.2, -0.15) is 0 Å². The standard InChI is InChI=1S/C14H18O4/c15-8-14(9-16-10-14)7-11-2-3-12-13(6-11)18-5-1-4-17-12/h2-3,6,15H,1,4-5,7-10H2. The van der Waals surface area contributed by atoms with Crippen molar-refractivity contribution in [2.75, 3.05) is 33.0 Å². The number of fused-ring (bicyclic) bond motifs is 1. The SMILES string of the molecule is OCC1(Cc2ccc3c(c2)OCCCO3)COC1. The van der Waals surface area contributed by atoms with Gasteiger partial charge in [0.25, 0.3) is 0 Å². The predicted molar refractivity (Wildman–Crippen MR) is 66.1 cm³/mol. The Hall–Kier alpha value is -1.26. The van der Waals surface area contributed by atoms with E-state index in [-0.39, 0.29) is 12.0 Å². The Labute approximate surface area is 106 Å². The van der Waals surface area contributed by atoms with Crippen LogP contribution in [0.5, 0.6) is 11.5 Å². The van der Waals surface area contributed by atoms with Crippen molar-refractivity contribution in [3.63, 3.8) is 0 Å². The summed E-state index contributed by atoms with van der Waals surface area (Å²) in [6, 6.07) is 6.03. The maximum absolute atomic E-state index is 9.45. The highest BCUT2D eigenvalue weighted by Crippen LogP contribution is 2.35. The van der Waals surface area contributed by atoms with Crippen LogP contribution in [0.3, 0.4) is 0 Å². The second kappa shape index (κ2) is 4.78. The van der Waals surface area contributed by atoms with Gasteiger partial charge >= 0.3 is 0 Å². The zero-order chi connectivity index (χ0) is 12.4. The van der Waals surface area contributed by atoms with Crippen LogP contribution in [0.15, 0.2) is 18.2 Å². The minimum atomic E-state index is -0.0974.